The summed E-state index contributed by atoms with van der Waals surface area (Å²) < 4.78 is 59.2. The number of aryl methyl sites for hydroxylation is 1. The normalized spacial score (nSPS) is 19.6. The van der Waals surface area contributed by atoms with Gasteiger partial charge in [0.25, 0.3) is 0 Å². The van der Waals surface area contributed by atoms with E-state index in [4.69, 9.17) is 4.74 Å². The smallest absolute Gasteiger partial charge is 0.215 e. The number of methoxy groups -OCH3 is 1. The first-order chi connectivity index (χ1) is 12.7. The Hall–Kier alpha value is -2.03. The van der Waals surface area contributed by atoms with Gasteiger partial charge in [-0.1, -0.05) is 6.07 Å². The quantitative estimate of drug-likeness (QED) is 0.786. The highest BCUT2D eigenvalue weighted by Crippen LogP contribution is 2.36. The van der Waals surface area contributed by atoms with Crippen LogP contribution in [0.4, 0.5) is 8.78 Å². The summed E-state index contributed by atoms with van der Waals surface area (Å²) in [7, 11) is -2.42. The van der Waals surface area contributed by atoms with Crippen LogP contribution in [0.25, 0.3) is 0 Å². The van der Waals surface area contributed by atoms with Crippen molar-refractivity contribution in [1.82, 2.24) is 4.72 Å². The highest BCUT2D eigenvalue weighted by molar-refractivity contribution is 7.88. The van der Waals surface area contributed by atoms with Gasteiger partial charge in [-0.2, -0.15) is 0 Å². The van der Waals surface area contributed by atoms with Gasteiger partial charge in [-0.05, 0) is 60.7 Å². The minimum absolute atomic E-state index is 0.244. The summed E-state index contributed by atoms with van der Waals surface area (Å²) in [6.07, 6.45) is 1.84. The Balaban J connectivity index is 1.77. The molecule has 2 N–H and O–H groups in total. The number of benzene rings is 2. The molecule has 0 unspecified atom stereocenters. The number of rotatable bonds is 6. The van der Waals surface area contributed by atoms with E-state index >= 15 is 0 Å². The Morgan fingerprint density at radius 1 is 1.22 bits per heavy atom. The average molecular weight is 397 g/mol. The molecule has 8 heteroatoms. The Bertz CT molecular complexity index is 949. The average Bonchev–Trinajstić information content (AvgIpc) is 2.63. The first-order valence-corrected chi connectivity index (χ1v) is 10.2. The van der Waals surface area contributed by atoms with Gasteiger partial charge in [-0.25, -0.2) is 21.9 Å². The number of aliphatic hydroxyl groups is 1. The summed E-state index contributed by atoms with van der Waals surface area (Å²) in [5.41, 5.74) is -0.0798. The van der Waals surface area contributed by atoms with E-state index in [0.717, 1.165) is 30.2 Å². The lowest BCUT2D eigenvalue weighted by Gasteiger charge is -2.34. The minimum Gasteiger partial charge on any atom is -0.497 e. The fourth-order valence-corrected chi connectivity index (χ4v) is 4.58. The van der Waals surface area contributed by atoms with Crippen LogP contribution in [0.3, 0.4) is 0 Å². The molecule has 146 valence electrons. The molecule has 2 aromatic carbocycles. The van der Waals surface area contributed by atoms with E-state index in [0.29, 0.717) is 24.2 Å². The van der Waals surface area contributed by atoms with Crippen molar-refractivity contribution in [2.24, 2.45) is 0 Å². The first-order valence-electron chi connectivity index (χ1n) is 8.53. The Labute approximate surface area is 157 Å². The highest BCUT2D eigenvalue weighted by atomic mass is 32.2. The van der Waals surface area contributed by atoms with E-state index < -0.39 is 33.0 Å². The SMILES string of the molecule is COc1ccc2c(c1)CCC[C@@]2(O)CNS(=O)(=O)Cc1cc(F)ccc1F. The number of hydrogen-bond acceptors (Lipinski definition) is 4. The van der Waals surface area contributed by atoms with Crippen molar-refractivity contribution in [3.05, 3.63) is 64.7 Å². The lowest BCUT2D eigenvalue weighted by atomic mass is 9.79. The second-order valence-electron chi connectivity index (χ2n) is 6.72. The molecule has 0 saturated heterocycles. The van der Waals surface area contributed by atoms with Crippen molar-refractivity contribution >= 4 is 10.0 Å². The molecular weight excluding hydrogens is 376 g/mol. The van der Waals surface area contributed by atoms with E-state index in [2.05, 4.69) is 4.72 Å². The number of sulfonamides is 1. The molecule has 1 aliphatic carbocycles. The van der Waals surface area contributed by atoms with Crippen LogP contribution >= 0.6 is 0 Å². The molecule has 0 spiro atoms. The van der Waals surface area contributed by atoms with Crippen molar-refractivity contribution in [3.8, 4) is 5.75 Å². The predicted octanol–water partition coefficient (Wildman–Crippen LogP) is 2.62. The molecule has 0 aliphatic heterocycles. The monoisotopic (exact) mass is 397 g/mol. The molecule has 0 aromatic heterocycles. The van der Waals surface area contributed by atoms with Gasteiger partial charge < -0.3 is 9.84 Å². The summed E-state index contributed by atoms with van der Waals surface area (Å²) >= 11 is 0. The lowest BCUT2D eigenvalue weighted by molar-refractivity contribution is 0.0242. The molecule has 0 amide bonds. The van der Waals surface area contributed by atoms with Crippen LogP contribution in [0.15, 0.2) is 36.4 Å². The Morgan fingerprint density at radius 3 is 2.74 bits per heavy atom. The van der Waals surface area contributed by atoms with Gasteiger partial charge >= 0.3 is 0 Å². The maximum Gasteiger partial charge on any atom is 0.215 e. The largest absolute Gasteiger partial charge is 0.497 e. The lowest BCUT2D eigenvalue weighted by Crippen LogP contribution is -2.43. The zero-order valence-electron chi connectivity index (χ0n) is 14.8. The molecule has 1 aliphatic rings. The van der Waals surface area contributed by atoms with Gasteiger partial charge in [-0.3, -0.25) is 0 Å². The maximum atomic E-state index is 13.7. The van der Waals surface area contributed by atoms with Gasteiger partial charge in [0, 0.05) is 12.1 Å². The van der Waals surface area contributed by atoms with Crippen LogP contribution < -0.4 is 9.46 Å². The first kappa shape index (κ1) is 19.7. The van der Waals surface area contributed by atoms with Gasteiger partial charge in [0.1, 0.15) is 23.0 Å². The number of ether oxygens (including phenoxy) is 1. The molecule has 5 nitrogen and oxygen atoms in total. The molecule has 3 rings (SSSR count). The third-order valence-electron chi connectivity index (χ3n) is 4.79. The molecular formula is C19H21F2NO4S. The summed E-state index contributed by atoms with van der Waals surface area (Å²) in [6, 6.07) is 7.94. The fraction of sp³-hybridized carbons (Fsp3) is 0.368. The summed E-state index contributed by atoms with van der Waals surface area (Å²) in [6.45, 7) is -0.244. The van der Waals surface area contributed by atoms with E-state index in [1.807, 2.05) is 6.07 Å². The highest BCUT2D eigenvalue weighted by Gasteiger charge is 2.35. The standard InChI is InChI=1S/C19H21F2NO4S/c1-26-16-5-6-17-13(10-16)3-2-8-19(17,23)12-22-27(24,25)11-14-9-15(20)4-7-18(14)21/h4-7,9-10,22-23H,2-3,8,11-12H2,1H3/t19-/m1/s1. The van der Waals surface area contributed by atoms with Crippen molar-refractivity contribution < 1.29 is 27.0 Å². The molecule has 0 heterocycles. The van der Waals surface area contributed by atoms with E-state index in [1.54, 1.807) is 19.2 Å². The fourth-order valence-electron chi connectivity index (χ4n) is 3.39. The topological polar surface area (TPSA) is 75.6 Å². The Morgan fingerprint density at radius 2 is 2.00 bits per heavy atom. The van der Waals surface area contributed by atoms with Gasteiger partial charge in [0.2, 0.25) is 10.0 Å². The van der Waals surface area contributed by atoms with Gasteiger partial charge in [-0.15, -0.1) is 0 Å². The molecule has 1 atom stereocenters. The second kappa shape index (κ2) is 7.53. The second-order valence-corrected chi connectivity index (χ2v) is 8.53. The van der Waals surface area contributed by atoms with E-state index in [-0.39, 0.29) is 12.1 Å². The van der Waals surface area contributed by atoms with Crippen LogP contribution in [-0.2, 0) is 27.8 Å². The molecule has 2 aromatic rings. The zero-order valence-corrected chi connectivity index (χ0v) is 15.7. The van der Waals surface area contributed by atoms with Crippen LogP contribution in [0.1, 0.15) is 29.5 Å². The number of hydrogen-bond donors (Lipinski definition) is 2. The summed E-state index contributed by atoms with van der Waals surface area (Å²) in [4.78, 5) is 0. The van der Waals surface area contributed by atoms with Crippen molar-refractivity contribution in [1.29, 1.82) is 0 Å². The molecule has 0 saturated carbocycles. The third-order valence-corrected chi connectivity index (χ3v) is 6.06. The minimum atomic E-state index is -3.97. The van der Waals surface area contributed by atoms with Gasteiger partial charge in [0.15, 0.2) is 0 Å². The third kappa shape index (κ3) is 4.45. The summed E-state index contributed by atoms with van der Waals surface area (Å²) in [5, 5.41) is 11.0. The Kier molecular flexibility index (Phi) is 5.50. The van der Waals surface area contributed by atoms with Crippen LogP contribution in [0, 0.1) is 11.6 Å². The maximum absolute atomic E-state index is 13.7. The van der Waals surface area contributed by atoms with Gasteiger partial charge in [0.05, 0.1) is 12.9 Å². The molecule has 0 bridgehead atoms. The van der Waals surface area contributed by atoms with Crippen molar-refractivity contribution in [2.75, 3.05) is 13.7 Å². The van der Waals surface area contributed by atoms with Crippen molar-refractivity contribution in [2.45, 2.75) is 30.6 Å². The molecule has 27 heavy (non-hydrogen) atoms. The molecule has 0 radical (unpaired) electrons. The number of halogens is 2. The number of nitrogens with one attached hydrogen (secondary N) is 1. The van der Waals surface area contributed by atoms with E-state index in [1.165, 1.54) is 0 Å². The number of fused-ring (bicyclic) bond motifs is 1. The van der Waals surface area contributed by atoms with E-state index in [9.17, 15) is 22.3 Å². The van der Waals surface area contributed by atoms with Crippen LogP contribution in [0.2, 0.25) is 0 Å². The van der Waals surface area contributed by atoms with Crippen LogP contribution in [-0.4, -0.2) is 27.2 Å². The predicted molar refractivity (Wildman–Crippen MR) is 96.8 cm³/mol. The van der Waals surface area contributed by atoms with Crippen molar-refractivity contribution in [3.63, 3.8) is 0 Å². The van der Waals surface area contributed by atoms with Crippen LogP contribution in [0.5, 0.6) is 5.75 Å². The molecule has 0 fully saturated rings. The zero-order chi connectivity index (χ0) is 19.7. The summed E-state index contributed by atoms with van der Waals surface area (Å²) in [5.74, 6) is -1.55.